The van der Waals surface area contributed by atoms with Crippen molar-refractivity contribution in [1.82, 2.24) is 20.0 Å². The van der Waals surface area contributed by atoms with E-state index in [1.165, 1.54) is 24.1 Å². The highest BCUT2D eigenvalue weighted by molar-refractivity contribution is 5.67. The summed E-state index contributed by atoms with van der Waals surface area (Å²) in [7, 11) is 3.88. The molecule has 1 aromatic heterocycles. The second kappa shape index (κ2) is 9.10. The van der Waals surface area contributed by atoms with E-state index in [0.717, 1.165) is 38.8 Å². The third-order valence-electron chi connectivity index (χ3n) is 7.12. The minimum atomic E-state index is -0.474. The quantitative estimate of drug-likeness (QED) is 0.642. The van der Waals surface area contributed by atoms with E-state index < -0.39 is 5.60 Å². The van der Waals surface area contributed by atoms with Crippen LogP contribution in [0.1, 0.15) is 90.3 Å². The molecule has 0 radical (unpaired) electrons. The van der Waals surface area contributed by atoms with Gasteiger partial charge in [-0.3, -0.25) is 5.10 Å². The van der Waals surface area contributed by atoms with Crippen molar-refractivity contribution in [3.05, 3.63) is 17.5 Å². The summed E-state index contributed by atoms with van der Waals surface area (Å²) in [5.74, 6) is 0.464. The number of aromatic amines is 1. The lowest BCUT2D eigenvalue weighted by Gasteiger charge is -2.43. The number of fused-ring (bicyclic) bond motifs is 2. The number of aromatic nitrogens is 2. The Morgan fingerprint density at radius 2 is 1.81 bits per heavy atom. The molecule has 2 bridgehead atoms. The fourth-order valence-electron chi connectivity index (χ4n) is 5.19. The van der Waals surface area contributed by atoms with E-state index in [4.69, 9.17) is 9.47 Å². The molecule has 0 aliphatic carbocycles. The highest BCUT2D eigenvalue weighted by atomic mass is 16.6. The van der Waals surface area contributed by atoms with E-state index in [9.17, 15) is 4.79 Å². The number of carbonyl (C=O) groups is 1. The third kappa shape index (κ3) is 5.61. The molecule has 7 nitrogen and oxygen atoms in total. The van der Waals surface area contributed by atoms with Crippen LogP contribution in [0.2, 0.25) is 0 Å². The van der Waals surface area contributed by atoms with Crippen molar-refractivity contribution in [2.24, 2.45) is 0 Å². The van der Waals surface area contributed by atoms with Gasteiger partial charge in [-0.05, 0) is 66.3 Å². The molecule has 0 aromatic carbocycles. The molecule has 1 N–H and O–H groups in total. The summed E-state index contributed by atoms with van der Waals surface area (Å²) >= 11 is 0. The van der Waals surface area contributed by atoms with Gasteiger partial charge in [-0.1, -0.05) is 13.8 Å². The van der Waals surface area contributed by atoms with Gasteiger partial charge in [0, 0.05) is 43.9 Å². The largest absolute Gasteiger partial charge is 0.444 e. The van der Waals surface area contributed by atoms with Gasteiger partial charge in [-0.2, -0.15) is 5.10 Å². The van der Waals surface area contributed by atoms with Crippen LogP contribution in [0.5, 0.6) is 0 Å². The molecule has 1 aromatic rings. The second-order valence-corrected chi connectivity index (χ2v) is 10.7. The maximum Gasteiger partial charge on any atom is 0.410 e. The fourth-order valence-corrected chi connectivity index (χ4v) is 5.19. The summed E-state index contributed by atoms with van der Waals surface area (Å²) in [5.41, 5.74) is 2.11. The van der Waals surface area contributed by atoms with Crippen LogP contribution in [0.25, 0.3) is 0 Å². The van der Waals surface area contributed by atoms with E-state index in [1.807, 2.05) is 27.0 Å². The van der Waals surface area contributed by atoms with Crippen molar-refractivity contribution in [2.75, 3.05) is 27.2 Å². The van der Waals surface area contributed by atoms with Gasteiger partial charge < -0.3 is 19.3 Å². The molecule has 2 fully saturated rings. The van der Waals surface area contributed by atoms with E-state index in [-0.39, 0.29) is 17.3 Å². The summed E-state index contributed by atoms with van der Waals surface area (Å²) in [6, 6.07) is 0. The normalized spacial score (nSPS) is 28.2. The van der Waals surface area contributed by atoms with E-state index in [2.05, 4.69) is 36.0 Å². The molecule has 3 rings (SSSR count). The SMILES string of the molecule is CC[C@]12CC[C@](CC)(CC(c3[nH]ncc3CN(C)CCN(C)C(=O)OC(C)(C)C)C1)O2. The summed E-state index contributed by atoms with van der Waals surface area (Å²) in [4.78, 5) is 16.1. The van der Waals surface area contributed by atoms with Crippen molar-refractivity contribution in [1.29, 1.82) is 0 Å². The minimum Gasteiger partial charge on any atom is -0.444 e. The lowest BCUT2D eigenvalue weighted by Crippen LogP contribution is -2.43. The predicted octanol–water partition coefficient (Wildman–Crippen LogP) is 4.69. The summed E-state index contributed by atoms with van der Waals surface area (Å²) in [6.07, 6.45) is 8.34. The maximum absolute atomic E-state index is 12.2. The van der Waals surface area contributed by atoms with Gasteiger partial charge in [0.05, 0.1) is 17.4 Å². The van der Waals surface area contributed by atoms with Gasteiger partial charge in [0.25, 0.3) is 0 Å². The molecule has 0 spiro atoms. The number of rotatable bonds is 8. The molecule has 2 saturated heterocycles. The zero-order chi connectivity index (χ0) is 22.9. The number of H-pyrrole nitrogens is 1. The van der Waals surface area contributed by atoms with E-state index in [1.54, 1.807) is 11.9 Å². The second-order valence-electron chi connectivity index (χ2n) is 10.7. The summed E-state index contributed by atoms with van der Waals surface area (Å²) in [6.45, 7) is 12.4. The van der Waals surface area contributed by atoms with Gasteiger partial charge in [-0.25, -0.2) is 4.79 Å². The van der Waals surface area contributed by atoms with Gasteiger partial charge in [-0.15, -0.1) is 0 Å². The molecule has 31 heavy (non-hydrogen) atoms. The van der Waals surface area contributed by atoms with E-state index in [0.29, 0.717) is 12.5 Å². The Morgan fingerprint density at radius 3 is 2.35 bits per heavy atom. The van der Waals surface area contributed by atoms with Crippen LogP contribution >= 0.6 is 0 Å². The Kier molecular flexibility index (Phi) is 7.06. The van der Waals surface area contributed by atoms with Gasteiger partial charge in [0.2, 0.25) is 0 Å². The van der Waals surface area contributed by atoms with Crippen LogP contribution in [0.15, 0.2) is 6.20 Å². The van der Waals surface area contributed by atoms with Crippen LogP contribution in [0, 0.1) is 0 Å². The molecular formula is C24H42N4O3. The minimum absolute atomic E-state index is 0.0311. The van der Waals surface area contributed by atoms with Crippen molar-refractivity contribution >= 4 is 6.09 Å². The van der Waals surface area contributed by atoms with Crippen LogP contribution in [-0.2, 0) is 16.0 Å². The molecule has 3 atom stereocenters. The number of hydrogen-bond acceptors (Lipinski definition) is 5. The monoisotopic (exact) mass is 434 g/mol. The van der Waals surface area contributed by atoms with Crippen molar-refractivity contribution < 1.29 is 14.3 Å². The molecule has 1 unspecified atom stereocenters. The number of nitrogens with zero attached hydrogens (tertiary/aromatic N) is 3. The molecular weight excluding hydrogens is 392 g/mol. The van der Waals surface area contributed by atoms with Crippen molar-refractivity contribution in [3.8, 4) is 0 Å². The Bertz CT molecular complexity index is 738. The molecule has 2 aliphatic heterocycles. The average molecular weight is 435 g/mol. The van der Waals surface area contributed by atoms with Crippen LogP contribution in [0.4, 0.5) is 4.79 Å². The van der Waals surface area contributed by atoms with Gasteiger partial charge in [0.15, 0.2) is 0 Å². The first-order valence-electron chi connectivity index (χ1n) is 11.9. The van der Waals surface area contributed by atoms with E-state index >= 15 is 0 Å². The van der Waals surface area contributed by atoms with Crippen molar-refractivity contribution in [2.45, 2.75) is 102 Å². The standard InChI is InChI=1S/C24H42N4O3/c1-8-23-10-11-24(9-2,31-23)15-18(14-23)20-19(16-25-26-20)17-27(6)12-13-28(7)21(29)30-22(3,4)5/h16,18H,8-15,17H2,1-7H3,(H,25,26)/t18?,23-,24+. The predicted molar refractivity (Wildman–Crippen MR) is 122 cm³/mol. The number of likely N-dealkylation sites (N-methyl/N-ethyl adjacent to an activating group) is 2. The maximum atomic E-state index is 12.2. The summed E-state index contributed by atoms with van der Waals surface area (Å²) in [5, 5.41) is 7.73. The Hall–Kier alpha value is -1.60. The number of hydrogen-bond donors (Lipinski definition) is 1. The lowest BCUT2D eigenvalue weighted by atomic mass is 9.79. The molecule has 0 saturated carbocycles. The summed E-state index contributed by atoms with van der Waals surface area (Å²) < 4.78 is 12.1. The highest BCUT2D eigenvalue weighted by Gasteiger charge is 2.54. The Labute approximate surface area is 187 Å². The van der Waals surface area contributed by atoms with Crippen LogP contribution in [-0.4, -0.2) is 70.1 Å². The van der Waals surface area contributed by atoms with Gasteiger partial charge in [0.1, 0.15) is 5.60 Å². The molecule has 3 heterocycles. The number of amides is 1. The first kappa shape index (κ1) is 24.1. The van der Waals surface area contributed by atoms with Gasteiger partial charge >= 0.3 is 6.09 Å². The molecule has 176 valence electrons. The highest BCUT2D eigenvalue weighted by Crippen LogP contribution is 2.55. The first-order chi connectivity index (χ1) is 14.5. The molecule has 2 aliphatic rings. The first-order valence-corrected chi connectivity index (χ1v) is 11.9. The Balaban J connectivity index is 1.60. The third-order valence-corrected chi connectivity index (χ3v) is 7.12. The smallest absolute Gasteiger partial charge is 0.410 e. The molecule has 7 heteroatoms. The van der Waals surface area contributed by atoms with Crippen LogP contribution < -0.4 is 0 Å². The lowest BCUT2D eigenvalue weighted by molar-refractivity contribution is -0.149. The average Bonchev–Trinajstić information content (AvgIpc) is 3.27. The Morgan fingerprint density at radius 1 is 1.19 bits per heavy atom. The fraction of sp³-hybridized carbons (Fsp3) is 0.833. The zero-order valence-electron chi connectivity index (χ0n) is 20.6. The molecule has 1 amide bonds. The number of ether oxygens (including phenoxy) is 2. The topological polar surface area (TPSA) is 70.7 Å². The number of nitrogens with one attached hydrogen (secondary N) is 1. The zero-order valence-corrected chi connectivity index (χ0v) is 20.6. The number of carbonyl (C=O) groups excluding carboxylic acids is 1. The van der Waals surface area contributed by atoms with Crippen LogP contribution in [0.3, 0.4) is 0 Å². The van der Waals surface area contributed by atoms with Crippen molar-refractivity contribution in [3.63, 3.8) is 0 Å².